The average Bonchev–Trinajstić information content (AvgIpc) is 2.99. The highest BCUT2D eigenvalue weighted by molar-refractivity contribution is 6.09. The van der Waals surface area contributed by atoms with Crippen molar-refractivity contribution in [3.8, 4) is 0 Å². The minimum Gasteiger partial charge on any atom is -0.337 e. The van der Waals surface area contributed by atoms with Crippen molar-refractivity contribution in [3.63, 3.8) is 0 Å². The molecule has 1 aliphatic carbocycles. The zero-order valence-electron chi connectivity index (χ0n) is 17.0. The Morgan fingerprint density at radius 3 is 2.52 bits per heavy atom. The molecule has 1 aromatic rings. The molecule has 1 spiro atoms. The third-order valence-corrected chi connectivity index (χ3v) is 6.78. The van der Waals surface area contributed by atoms with Crippen LogP contribution in [0.1, 0.15) is 51.0 Å². The molecule has 0 unspecified atom stereocenters. The van der Waals surface area contributed by atoms with E-state index in [0.717, 1.165) is 30.6 Å². The Hall–Kier alpha value is -2.63. The summed E-state index contributed by atoms with van der Waals surface area (Å²) in [6, 6.07) is 9.73. The van der Waals surface area contributed by atoms with Gasteiger partial charge < -0.3 is 10.2 Å². The number of hydrogen-bond acceptors (Lipinski definition) is 3. The Morgan fingerprint density at radius 1 is 1.17 bits per heavy atom. The number of amides is 4. The number of benzene rings is 1. The molecule has 1 saturated carbocycles. The Morgan fingerprint density at radius 2 is 1.90 bits per heavy atom. The fourth-order valence-corrected chi connectivity index (χ4v) is 4.78. The fourth-order valence-electron chi connectivity index (χ4n) is 4.78. The van der Waals surface area contributed by atoms with Crippen molar-refractivity contribution in [1.29, 1.82) is 0 Å². The molecule has 3 aliphatic rings. The minimum absolute atomic E-state index is 0.169. The van der Waals surface area contributed by atoms with Gasteiger partial charge in [0, 0.05) is 13.1 Å². The summed E-state index contributed by atoms with van der Waals surface area (Å²) in [6.45, 7) is 3.11. The average molecular weight is 396 g/mol. The van der Waals surface area contributed by atoms with E-state index in [1.54, 1.807) is 4.90 Å². The van der Waals surface area contributed by atoms with Gasteiger partial charge in [-0.05, 0) is 49.2 Å². The first-order valence-corrected chi connectivity index (χ1v) is 10.7. The van der Waals surface area contributed by atoms with Gasteiger partial charge in [-0.3, -0.25) is 14.5 Å². The lowest BCUT2D eigenvalue weighted by molar-refractivity contribution is -0.139. The topological polar surface area (TPSA) is 69.7 Å². The summed E-state index contributed by atoms with van der Waals surface area (Å²) in [6.07, 6.45) is 7.19. The number of hydrogen-bond donors (Lipinski definition) is 1. The predicted molar refractivity (Wildman–Crippen MR) is 111 cm³/mol. The first kappa shape index (κ1) is 19.7. The van der Waals surface area contributed by atoms with Crippen LogP contribution in [0.5, 0.6) is 0 Å². The number of nitrogens with one attached hydrogen (secondary N) is 1. The molecular formula is C23H29N3O3. The van der Waals surface area contributed by atoms with E-state index >= 15 is 0 Å². The molecular weight excluding hydrogens is 366 g/mol. The van der Waals surface area contributed by atoms with Crippen LogP contribution in [0, 0.1) is 5.92 Å². The van der Waals surface area contributed by atoms with Gasteiger partial charge in [0.1, 0.15) is 12.1 Å². The zero-order valence-corrected chi connectivity index (χ0v) is 17.0. The van der Waals surface area contributed by atoms with Gasteiger partial charge in [0.05, 0.1) is 0 Å². The van der Waals surface area contributed by atoms with Gasteiger partial charge in [0.2, 0.25) is 5.91 Å². The molecule has 4 amide bonds. The molecule has 0 aromatic heterocycles. The van der Waals surface area contributed by atoms with E-state index in [0.29, 0.717) is 31.8 Å². The van der Waals surface area contributed by atoms with Crippen molar-refractivity contribution in [2.75, 3.05) is 19.6 Å². The maximum absolute atomic E-state index is 13.0. The lowest BCUT2D eigenvalue weighted by atomic mass is 9.75. The van der Waals surface area contributed by atoms with Crippen molar-refractivity contribution >= 4 is 23.4 Å². The van der Waals surface area contributed by atoms with Gasteiger partial charge in [-0.15, -0.1) is 0 Å². The minimum atomic E-state index is -0.786. The predicted octanol–water partition coefficient (Wildman–Crippen LogP) is 3.19. The van der Waals surface area contributed by atoms with Crippen molar-refractivity contribution in [1.82, 2.24) is 15.1 Å². The second kappa shape index (κ2) is 8.01. The molecule has 1 saturated heterocycles. The summed E-state index contributed by atoms with van der Waals surface area (Å²) in [5.41, 5.74) is 1.63. The van der Waals surface area contributed by atoms with E-state index < -0.39 is 11.6 Å². The molecule has 154 valence electrons. The molecule has 0 bridgehead atoms. The summed E-state index contributed by atoms with van der Waals surface area (Å²) in [5, 5.41) is 2.91. The molecule has 2 fully saturated rings. The first-order chi connectivity index (χ1) is 14.0. The molecule has 6 nitrogen and oxygen atoms in total. The summed E-state index contributed by atoms with van der Waals surface area (Å²) >= 11 is 0. The second-order valence-corrected chi connectivity index (χ2v) is 8.44. The smallest absolute Gasteiger partial charge is 0.325 e. The van der Waals surface area contributed by atoms with Crippen LogP contribution in [0.2, 0.25) is 0 Å². The quantitative estimate of drug-likeness (QED) is 0.796. The van der Waals surface area contributed by atoms with Crippen LogP contribution in [0.25, 0.3) is 5.57 Å². The third kappa shape index (κ3) is 3.80. The van der Waals surface area contributed by atoms with Gasteiger partial charge in [-0.1, -0.05) is 49.8 Å². The number of urea groups is 1. The maximum Gasteiger partial charge on any atom is 0.325 e. The highest BCUT2D eigenvalue weighted by atomic mass is 16.2. The number of rotatable bonds is 4. The SMILES string of the molecule is CCC1CCC2(CC1)NC(=O)N(CC(=O)N1CC=C(c3ccccc3)CC1)C2=O. The van der Waals surface area contributed by atoms with Crippen LogP contribution >= 0.6 is 0 Å². The maximum atomic E-state index is 13.0. The zero-order chi connectivity index (χ0) is 20.4. The molecule has 2 heterocycles. The van der Waals surface area contributed by atoms with Gasteiger partial charge >= 0.3 is 6.03 Å². The van der Waals surface area contributed by atoms with Crippen molar-refractivity contribution in [2.45, 2.75) is 51.0 Å². The van der Waals surface area contributed by atoms with Crippen LogP contribution in [0.15, 0.2) is 36.4 Å². The van der Waals surface area contributed by atoms with Gasteiger partial charge in [-0.2, -0.15) is 0 Å². The van der Waals surface area contributed by atoms with Crippen molar-refractivity contribution < 1.29 is 14.4 Å². The molecule has 2 aliphatic heterocycles. The lowest BCUT2D eigenvalue weighted by Gasteiger charge is -2.34. The Balaban J connectivity index is 1.37. The van der Waals surface area contributed by atoms with E-state index in [9.17, 15) is 14.4 Å². The summed E-state index contributed by atoms with van der Waals surface area (Å²) in [4.78, 5) is 41.1. The van der Waals surface area contributed by atoms with Crippen LogP contribution in [0.3, 0.4) is 0 Å². The molecule has 6 heteroatoms. The standard InChI is InChI=1S/C23H29N3O3/c1-2-17-8-12-23(13-9-17)21(28)26(22(29)24-23)16-20(27)25-14-10-19(11-15-25)18-6-4-3-5-7-18/h3-7,10,17H,2,8-9,11-16H2,1H3,(H,24,29). The summed E-state index contributed by atoms with van der Waals surface area (Å²) < 4.78 is 0. The van der Waals surface area contributed by atoms with Crippen LogP contribution in [0.4, 0.5) is 4.79 Å². The van der Waals surface area contributed by atoms with E-state index in [4.69, 9.17) is 0 Å². The van der Waals surface area contributed by atoms with Crippen LogP contribution < -0.4 is 5.32 Å². The molecule has 1 aromatic carbocycles. The number of carbonyl (C=O) groups is 3. The van der Waals surface area contributed by atoms with Gasteiger partial charge in [0.25, 0.3) is 5.91 Å². The fraction of sp³-hybridized carbons (Fsp3) is 0.522. The third-order valence-electron chi connectivity index (χ3n) is 6.78. The number of nitrogens with zero attached hydrogens (tertiary/aromatic N) is 2. The number of imide groups is 1. The van der Waals surface area contributed by atoms with Crippen LogP contribution in [-0.2, 0) is 9.59 Å². The van der Waals surface area contributed by atoms with E-state index in [1.807, 2.05) is 18.2 Å². The molecule has 1 N–H and O–H groups in total. The molecule has 29 heavy (non-hydrogen) atoms. The first-order valence-electron chi connectivity index (χ1n) is 10.7. The molecule has 0 atom stereocenters. The summed E-state index contributed by atoms with van der Waals surface area (Å²) in [5.74, 6) is 0.235. The molecule has 4 rings (SSSR count). The van der Waals surface area contributed by atoms with Crippen molar-refractivity contribution in [3.05, 3.63) is 42.0 Å². The highest BCUT2D eigenvalue weighted by Crippen LogP contribution is 2.37. The van der Waals surface area contributed by atoms with Gasteiger partial charge in [-0.25, -0.2) is 4.79 Å². The van der Waals surface area contributed by atoms with Crippen LogP contribution in [-0.4, -0.2) is 52.8 Å². The van der Waals surface area contributed by atoms with E-state index in [1.165, 1.54) is 11.1 Å². The number of carbonyl (C=O) groups excluding carboxylic acids is 3. The lowest BCUT2D eigenvalue weighted by Crippen LogP contribution is -2.50. The summed E-state index contributed by atoms with van der Waals surface area (Å²) in [7, 11) is 0. The Kier molecular flexibility index (Phi) is 5.43. The Bertz CT molecular complexity index is 825. The monoisotopic (exact) mass is 395 g/mol. The highest BCUT2D eigenvalue weighted by Gasteiger charge is 2.52. The van der Waals surface area contributed by atoms with E-state index in [2.05, 4.69) is 30.4 Å². The largest absolute Gasteiger partial charge is 0.337 e. The van der Waals surface area contributed by atoms with Crippen molar-refractivity contribution in [2.24, 2.45) is 5.92 Å². The normalized spacial score (nSPS) is 27.2. The molecule has 0 radical (unpaired) electrons. The van der Waals surface area contributed by atoms with Gasteiger partial charge in [0.15, 0.2) is 0 Å². The second-order valence-electron chi connectivity index (χ2n) is 8.44. The van der Waals surface area contributed by atoms with E-state index in [-0.39, 0.29) is 18.4 Å². The Labute approximate surface area is 171 Å².